The van der Waals surface area contributed by atoms with Crippen LogP contribution < -0.4 is 4.90 Å². The van der Waals surface area contributed by atoms with Gasteiger partial charge >= 0.3 is 24.4 Å². The van der Waals surface area contributed by atoms with Gasteiger partial charge in [0.15, 0.2) is 0 Å². The summed E-state index contributed by atoms with van der Waals surface area (Å²) in [6.45, 7) is 3.23. The van der Waals surface area contributed by atoms with Gasteiger partial charge in [-0.2, -0.15) is 31.4 Å². The molecule has 3 atom stereocenters. The van der Waals surface area contributed by atoms with Crippen molar-refractivity contribution in [3.8, 4) is 11.1 Å². The fourth-order valence-corrected chi connectivity index (χ4v) is 6.65. The molecule has 16 heteroatoms. The molecule has 5 rings (SSSR count). The number of ether oxygens (including phenoxy) is 1. The molecule has 3 heterocycles. The zero-order valence-corrected chi connectivity index (χ0v) is 26.5. The van der Waals surface area contributed by atoms with Crippen LogP contribution >= 0.6 is 0 Å². The Labute approximate surface area is 272 Å². The van der Waals surface area contributed by atoms with Gasteiger partial charge < -0.3 is 19.6 Å². The van der Waals surface area contributed by atoms with Crippen molar-refractivity contribution in [1.29, 1.82) is 0 Å². The van der Waals surface area contributed by atoms with Gasteiger partial charge in [-0.3, -0.25) is 9.48 Å². The SMILES string of the molecule is C[C@@H]1CC(N(Cc2cc(C(F)(F)F)cc(C(F)(F)F)c2)c2ncc(-c3cnn(C)c3)cn2)C[C@H](C)N1C(=O)OC1CCC(C(=O)O)CC1. The summed E-state index contributed by atoms with van der Waals surface area (Å²) in [4.78, 5) is 36.7. The highest BCUT2D eigenvalue weighted by molar-refractivity contribution is 5.70. The van der Waals surface area contributed by atoms with Crippen LogP contribution in [-0.2, 0) is 35.5 Å². The number of hydrogen-bond acceptors (Lipinski definition) is 7. The number of aromatic nitrogens is 4. The summed E-state index contributed by atoms with van der Waals surface area (Å²) in [6.07, 6.45) is -2.36. The van der Waals surface area contributed by atoms with Crippen molar-refractivity contribution >= 4 is 18.0 Å². The Morgan fingerprint density at radius 1 is 0.896 bits per heavy atom. The molecule has 0 radical (unpaired) electrons. The van der Waals surface area contributed by atoms with Crippen molar-refractivity contribution in [1.82, 2.24) is 24.6 Å². The van der Waals surface area contributed by atoms with Gasteiger partial charge in [0, 0.05) is 61.4 Å². The normalized spacial score (nSPS) is 23.5. The molecule has 2 aliphatic rings. The predicted molar refractivity (Wildman–Crippen MR) is 161 cm³/mol. The number of benzene rings is 1. The molecule has 1 aliphatic carbocycles. The first-order chi connectivity index (χ1) is 22.5. The smallest absolute Gasteiger partial charge is 0.416 e. The zero-order valence-electron chi connectivity index (χ0n) is 26.5. The highest BCUT2D eigenvalue weighted by atomic mass is 19.4. The maximum absolute atomic E-state index is 13.7. The first-order valence-corrected chi connectivity index (χ1v) is 15.6. The van der Waals surface area contributed by atoms with E-state index in [0.717, 1.165) is 0 Å². The summed E-state index contributed by atoms with van der Waals surface area (Å²) in [5.74, 6) is -1.24. The number of amides is 1. The van der Waals surface area contributed by atoms with E-state index < -0.39 is 65.7 Å². The lowest BCUT2D eigenvalue weighted by Crippen LogP contribution is -2.56. The number of carboxylic acids is 1. The fourth-order valence-electron chi connectivity index (χ4n) is 6.65. The van der Waals surface area contributed by atoms with Crippen molar-refractivity contribution in [2.75, 3.05) is 4.90 Å². The maximum Gasteiger partial charge on any atom is 0.416 e. The van der Waals surface area contributed by atoms with E-state index in [1.54, 1.807) is 47.8 Å². The minimum Gasteiger partial charge on any atom is -0.481 e. The molecule has 260 valence electrons. The van der Waals surface area contributed by atoms with Crippen molar-refractivity contribution in [2.45, 2.75) is 95.5 Å². The molecule has 1 unspecified atom stereocenters. The van der Waals surface area contributed by atoms with E-state index in [1.807, 2.05) is 0 Å². The standard InChI is InChI=1S/C32H36F6N6O4/c1-18-8-26(9-19(2)44(18)30(47)48-27-6-4-21(5-7-27)28(45)46)43(29-39-13-22(14-40-29)23-15-41-42(3)17-23)16-20-10-24(31(33,34)35)12-25(11-20)32(36,37)38/h10-15,17-19,21,26-27H,4-9,16H2,1-3H3,(H,45,46)/t18-,19+,21?,26?,27?. The largest absolute Gasteiger partial charge is 0.481 e. The molecule has 0 spiro atoms. The number of aryl methyl sites for hydroxylation is 1. The van der Waals surface area contributed by atoms with Crippen LogP contribution in [0.15, 0.2) is 43.0 Å². The Morgan fingerprint density at radius 3 is 1.94 bits per heavy atom. The van der Waals surface area contributed by atoms with E-state index in [1.165, 1.54) is 12.4 Å². The van der Waals surface area contributed by atoms with E-state index in [4.69, 9.17) is 4.74 Å². The number of rotatable bonds is 7. The first-order valence-electron chi connectivity index (χ1n) is 15.6. The Kier molecular flexibility index (Phi) is 9.92. The van der Waals surface area contributed by atoms with Gasteiger partial charge in [-0.15, -0.1) is 0 Å². The van der Waals surface area contributed by atoms with Crippen molar-refractivity contribution in [3.05, 3.63) is 59.7 Å². The second-order valence-electron chi connectivity index (χ2n) is 12.6. The average Bonchev–Trinajstić information content (AvgIpc) is 3.45. The fraction of sp³-hybridized carbons (Fsp3) is 0.531. The monoisotopic (exact) mass is 682 g/mol. The van der Waals surface area contributed by atoms with Crippen molar-refractivity contribution in [3.63, 3.8) is 0 Å². The average molecular weight is 683 g/mol. The molecular formula is C32H36F6N6O4. The Balaban J connectivity index is 1.41. The third kappa shape index (κ3) is 8.01. The number of anilines is 1. The van der Waals surface area contributed by atoms with E-state index in [-0.39, 0.29) is 24.1 Å². The minimum atomic E-state index is -5.01. The number of likely N-dealkylation sites (tertiary alicyclic amines) is 1. The Morgan fingerprint density at radius 2 is 1.46 bits per heavy atom. The van der Waals surface area contributed by atoms with E-state index >= 15 is 0 Å². The van der Waals surface area contributed by atoms with Crippen LogP contribution in [0.4, 0.5) is 37.1 Å². The van der Waals surface area contributed by atoms with E-state index in [9.17, 15) is 41.0 Å². The molecule has 2 fully saturated rings. The van der Waals surface area contributed by atoms with Crippen LogP contribution in [0, 0.1) is 5.92 Å². The van der Waals surface area contributed by atoms with Crippen LogP contribution in [0.5, 0.6) is 0 Å². The van der Waals surface area contributed by atoms with Crippen molar-refractivity contribution < 1.29 is 45.8 Å². The van der Waals surface area contributed by atoms with Gasteiger partial charge in [-0.1, -0.05) is 0 Å². The lowest BCUT2D eigenvalue weighted by molar-refractivity contribution is -0.144. The summed E-state index contributed by atoms with van der Waals surface area (Å²) in [7, 11) is 1.74. The van der Waals surface area contributed by atoms with E-state index in [2.05, 4.69) is 15.1 Å². The molecule has 1 N–H and O–H groups in total. The molecule has 10 nitrogen and oxygen atoms in total. The molecule has 1 saturated heterocycles. The topological polar surface area (TPSA) is 114 Å². The molecule has 3 aromatic rings. The van der Waals surface area contributed by atoms with Gasteiger partial charge in [0.1, 0.15) is 6.10 Å². The quantitative estimate of drug-likeness (QED) is 0.267. The third-order valence-corrected chi connectivity index (χ3v) is 9.05. The second-order valence-corrected chi connectivity index (χ2v) is 12.6. The number of hydrogen-bond donors (Lipinski definition) is 1. The lowest BCUT2D eigenvalue weighted by atomic mass is 9.87. The number of piperidine rings is 1. The van der Waals surface area contributed by atoms with Gasteiger partial charge in [0.25, 0.3) is 0 Å². The summed E-state index contributed by atoms with van der Waals surface area (Å²) >= 11 is 0. The molecule has 1 amide bonds. The molecular weight excluding hydrogens is 646 g/mol. The number of aliphatic carboxylic acids is 1. The second kappa shape index (κ2) is 13.6. The summed E-state index contributed by atoms with van der Waals surface area (Å²) in [5, 5.41) is 13.4. The van der Waals surface area contributed by atoms with Crippen molar-refractivity contribution in [2.24, 2.45) is 13.0 Å². The highest BCUT2D eigenvalue weighted by Gasteiger charge is 2.41. The summed E-state index contributed by atoms with van der Waals surface area (Å²) in [5.41, 5.74) is -1.74. The highest BCUT2D eigenvalue weighted by Crippen LogP contribution is 2.38. The first kappa shape index (κ1) is 35.0. The van der Waals surface area contributed by atoms with Crippen LogP contribution in [0.2, 0.25) is 0 Å². The molecule has 1 aromatic carbocycles. The van der Waals surface area contributed by atoms with Crippen LogP contribution in [0.3, 0.4) is 0 Å². The van der Waals surface area contributed by atoms with Crippen LogP contribution in [-0.4, -0.2) is 66.0 Å². The summed E-state index contributed by atoms with van der Waals surface area (Å²) in [6, 6.07) is 0.167. The van der Waals surface area contributed by atoms with Gasteiger partial charge in [0.05, 0.1) is 23.2 Å². The number of halogens is 6. The number of nitrogens with zero attached hydrogens (tertiary/aromatic N) is 6. The molecule has 1 aliphatic heterocycles. The number of carboxylic acid groups (broad SMARTS) is 1. The summed E-state index contributed by atoms with van der Waals surface area (Å²) < 4.78 is 89.6. The number of carbonyl (C=O) groups is 2. The molecule has 48 heavy (non-hydrogen) atoms. The van der Waals surface area contributed by atoms with Gasteiger partial charge in [-0.05, 0) is 76.1 Å². The van der Waals surface area contributed by atoms with Crippen LogP contribution in [0.25, 0.3) is 11.1 Å². The number of alkyl halides is 6. The third-order valence-electron chi connectivity index (χ3n) is 9.05. The Bertz CT molecular complexity index is 1560. The molecule has 0 bridgehead atoms. The minimum absolute atomic E-state index is 0.0927. The Hall–Kier alpha value is -4.37. The van der Waals surface area contributed by atoms with Crippen LogP contribution in [0.1, 0.15) is 69.1 Å². The predicted octanol–water partition coefficient (Wildman–Crippen LogP) is 6.94. The maximum atomic E-state index is 13.7. The van der Waals surface area contributed by atoms with Gasteiger partial charge in [-0.25, -0.2) is 14.8 Å². The molecule has 1 saturated carbocycles. The molecule has 2 aromatic heterocycles. The van der Waals surface area contributed by atoms with Gasteiger partial charge in [0.2, 0.25) is 5.95 Å². The number of carbonyl (C=O) groups excluding carboxylic acids is 1. The lowest BCUT2D eigenvalue weighted by Gasteiger charge is -2.46. The van der Waals surface area contributed by atoms with E-state index in [0.29, 0.717) is 61.8 Å². The zero-order chi connectivity index (χ0) is 35.0.